The van der Waals surface area contributed by atoms with Crippen molar-refractivity contribution in [2.24, 2.45) is 11.8 Å². The molecule has 0 radical (unpaired) electrons. The van der Waals surface area contributed by atoms with Gasteiger partial charge in [0.15, 0.2) is 5.65 Å². The summed E-state index contributed by atoms with van der Waals surface area (Å²) in [7, 11) is 1.80. The van der Waals surface area contributed by atoms with E-state index in [1.165, 1.54) is 18.7 Å². The van der Waals surface area contributed by atoms with Crippen molar-refractivity contribution < 1.29 is 4.74 Å². The first-order chi connectivity index (χ1) is 11.5. The lowest BCUT2D eigenvalue weighted by molar-refractivity contribution is 0.120. The molecule has 1 aliphatic heterocycles. The number of hydrogen-bond acceptors (Lipinski definition) is 4. The third-order valence-corrected chi connectivity index (χ3v) is 5.24. The molecule has 0 amide bonds. The molecule has 0 bridgehead atoms. The number of anilines is 1. The molecule has 132 valence electrons. The first-order valence-electron chi connectivity index (χ1n) is 9.10. The van der Waals surface area contributed by atoms with E-state index in [0.717, 1.165) is 42.6 Å². The maximum Gasteiger partial charge on any atom is 0.157 e. The van der Waals surface area contributed by atoms with Gasteiger partial charge in [-0.2, -0.15) is 9.61 Å². The van der Waals surface area contributed by atoms with E-state index >= 15 is 0 Å². The van der Waals surface area contributed by atoms with E-state index in [4.69, 9.17) is 9.72 Å². The molecule has 3 rings (SSSR count). The van der Waals surface area contributed by atoms with Crippen LogP contribution >= 0.6 is 0 Å². The first kappa shape index (κ1) is 17.2. The van der Waals surface area contributed by atoms with E-state index in [1.54, 1.807) is 7.11 Å². The Balaban J connectivity index is 1.84. The normalized spacial score (nSPS) is 17.8. The van der Waals surface area contributed by atoms with Crippen LogP contribution in [0, 0.1) is 18.8 Å². The Morgan fingerprint density at radius 2 is 1.92 bits per heavy atom. The van der Waals surface area contributed by atoms with Crippen LogP contribution in [-0.4, -0.2) is 41.4 Å². The number of aromatic nitrogens is 3. The van der Waals surface area contributed by atoms with E-state index in [2.05, 4.69) is 42.9 Å². The van der Waals surface area contributed by atoms with Crippen molar-refractivity contribution in [1.29, 1.82) is 0 Å². The largest absolute Gasteiger partial charge is 0.384 e. The number of fused-ring (bicyclic) bond motifs is 1. The SMILES string of the molecule is COCC(C)C1CCN(c2cc(C(C)C)nc3cc(C)nn23)CC1. The second-order valence-corrected chi connectivity index (χ2v) is 7.51. The monoisotopic (exact) mass is 330 g/mol. The summed E-state index contributed by atoms with van der Waals surface area (Å²) in [6.45, 7) is 11.8. The van der Waals surface area contributed by atoms with Crippen LogP contribution in [-0.2, 0) is 4.74 Å². The lowest BCUT2D eigenvalue weighted by Crippen LogP contribution is -2.37. The van der Waals surface area contributed by atoms with Crippen molar-refractivity contribution in [1.82, 2.24) is 14.6 Å². The second-order valence-electron chi connectivity index (χ2n) is 7.51. The van der Waals surface area contributed by atoms with Gasteiger partial charge in [-0.15, -0.1) is 0 Å². The van der Waals surface area contributed by atoms with Gasteiger partial charge in [0.05, 0.1) is 5.69 Å². The number of piperidine rings is 1. The topological polar surface area (TPSA) is 42.7 Å². The van der Waals surface area contributed by atoms with Gasteiger partial charge < -0.3 is 9.64 Å². The zero-order valence-corrected chi connectivity index (χ0v) is 15.6. The molecular weight excluding hydrogens is 300 g/mol. The smallest absolute Gasteiger partial charge is 0.157 e. The third-order valence-electron chi connectivity index (χ3n) is 5.24. The summed E-state index contributed by atoms with van der Waals surface area (Å²) in [5, 5.41) is 4.66. The highest BCUT2D eigenvalue weighted by Crippen LogP contribution is 2.30. The van der Waals surface area contributed by atoms with Gasteiger partial charge in [0.2, 0.25) is 0 Å². The van der Waals surface area contributed by atoms with Crippen molar-refractivity contribution in [3.8, 4) is 0 Å². The van der Waals surface area contributed by atoms with Crippen LogP contribution in [0.2, 0.25) is 0 Å². The van der Waals surface area contributed by atoms with Crippen molar-refractivity contribution in [2.75, 3.05) is 31.7 Å². The molecule has 0 aliphatic carbocycles. The van der Waals surface area contributed by atoms with E-state index in [0.29, 0.717) is 11.8 Å². The van der Waals surface area contributed by atoms with E-state index < -0.39 is 0 Å². The zero-order chi connectivity index (χ0) is 17.3. The molecule has 0 aromatic carbocycles. The van der Waals surface area contributed by atoms with E-state index in [9.17, 15) is 0 Å². The molecule has 2 aromatic rings. The van der Waals surface area contributed by atoms with Crippen molar-refractivity contribution in [3.05, 3.63) is 23.5 Å². The number of methoxy groups -OCH3 is 1. The third kappa shape index (κ3) is 3.41. The maximum atomic E-state index is 5.33. The van der Waals surface area contributed by atoms with Crippen molar-refractivity contribution in [3.63, 3.8) is 0 Å². The molecule has 1 fully saturated rings. The Morgan fingerprint density at radius 1 is 1.21 bits per heavy atom. The van der Waals surface area contributed by atoms with Crippen LogP contribution in [0.25, 0.3) is 5.65 Å². The van der Waals surface area contributed by atoms with Crippen LogP contribution in [0.5, 0.6) is 0 Å². The second kappa shape index (κ2) is 7.09. The minimum absolute atomic E-state index is 0.420. The molecule has 2 aromatic heterocycles. The lowest BCUT2D eigenvalue weighted by atomic mass is 9.86. The van der Waals surface area contributed by atoms with Crippen LogP contribution in [0.1, 0.15) is 50.9 Å². The molecule has 1 atom stereocenters. The van der Waals surface area contributed by atoms with Gasteiger partial charge in [0, 0.05) is 44.6 Å². The summed E-state index contributed by atoms with van der Waals surface area (Å²) in [5.41, 5.74) is 3.13. The number of hydrogen-bond donors (Lipinski definition) is 0. The van der Waals surface area contributed by atoms with Crippen molar-refractivity contribution >= 4 is 11.5 Å². The van der Waals surface area contributed by atoms with Gasteiger partial charge in [-0.25, -0.2) is 4.98 Å². The Bertz CT molecular complexity index is 686. The molecule has 5 heteroatoms. The number of aryl methyl sites for hydroxylation is 1. The summed E-state index contributed by atoms with van der Waals surface area (Å²) in [4.78, 5) is 7.25. The molecule has 24 heavy (non-hydrogen) atoms. The number of nitrogens with zero attached hydrogens (tertiary/aromatic N) is 4. The fraction of sp³-hybridized carbons (Fsp3) is 0.684. The summed E-state index contributed by atoms with van der Waals surface area (Å²) in [5.74, 6) is 2.99. The van der Waals surface area contributed by atoms with Crippen LogP contribution in [0.15, 0.2) is 12.1 Å². The average molecular weight is 330 g/mol. The van der Waals surface area contributed by atoms with E-state index in [1.807, 2.05) is 11.4 Å². The Labute approximate surface area is 145 Å². The summed E-state index contributed by atoms with van der Waals surface area (Å²) < 4.78 is 7.35. The number of ether oxygens (including phenoxy) is 1. The fourth-order valence-electron chi connectivity index (χ4n) is 3.71. The highest BCUT2D eigenvalue weighted by Gasteiger charge is 2.26. The van der Waals surface area contributed by atoms with Crippen LogP contribution in [0.4, 0.5) is 5.82 Å². The van der Waals surface area contributed by atoms with Crippen LogP contribution < -0.4 is 4.90 Å². The van der Waals surface area contributed by atoms with Gasteiger partial charge >= 0.3 is 0 Å². The Hall–Kier alpha value is -1.62. The maximum absolute atomic E-state index is 5.33. The molecule has 3 heterocycles. The molecular formula is C19H30N4O. The van der Waals surface area contributed by atoms with E-state index in [-0.39, 0.29) is 0 Å². The van der Waals surface area contributed by atoms with Gasteiger partial charge in [0.1, 0.15) is 5.82 Å². The van der Waals surface area contributed by atoms with Gasteiger partial charge in [-0.1, -0.05) is 20.8 Å². The molecule has 0 saturated carbocycles. The molecule has 5 nitrogen and oxygen atoms in total. The van der Waals surface area contributed by atoms with Gasteiger partial charge in [-0.05, 0) is 37.5 Å². The highest BCUT2D eigenvalue weighted by atomic mass is 16.5. The zero-order valence-electron chi connectivity index (χ0n) is 15.6. The standard InChI is InChI=1S/C19H30N4O/c1-13(2)17-11-19(23-18(20-17)10-15(4)21-23)22-8-6-16(7-9-22)14(3)12-24-5/h10-11,13-14,16H,6-9,12H2,1-5H3. The first-order valence-corrected chi connectivity index (χ1v) is 9.10. The molecule has 0 spiro atoms. The summed E-state index contributed by atoms with van der Waals surface area (Å²) >= 11 is 0. The fourth-order valence-corrected chi connectivity index (χ4v) is 3.71. The lowest BCUT2D eigenvalue weighted by Gasteiger charge is -2.36. The van der Waals surface area contributed by atoms with Gasteiger partial charge in [-0.3, -0.25) is 0 Å². The number of rotatable bonds is 5. The molecule has 1 unspecified atom stereocenters. The molecule has 1 saturated heterocycles. The molecule has 1 aliphatic rings. The quantitative estimate of drug-likeness (QED) is 0.839. The predicted molar refractivity (Wildman–Crippen MR) is 97.8 cm³/mol. The highest BCUT2D eigenvalue weighted by molar-refractivity contribution is 5.52. The summed E-state index contributed by atoms with van der Waals surface area (Å²) in [6, 6.07) is 4.30. The predicted octanol–water partition coefficient (Wildman–Crippen LogP) is 3.66. The average Bonchev–Trinajstić information content (AvgIpc) is 2.94. The van der Waals surface area contributed by atoms with Crippen molar-refractivity contribution in [2.45, 2.75) is 46.5 Å². The minimum atomic E-state index is 0.420. The minimum Gasteiger partial charge on any atom is -0.384 e. The molecule has 0 N–H and O–H groups in total. The Kier molecular flexibility index (Phi) is 5.09. The van der Waals surface area contributed by atoms with Crippen LogP contribution in [0.3, 0.4) is 0 Å². The Morgan fingerprint density at radius 3 is 2.54 bits per heavy atom. The van der Waals surface area contributed by atoms with Gasteiger partial charge in [0.25, 0.3) is 0 Å². The summed E-state index contributed by atoms with van der Waals surface area (Å²) in [6.07, 6.45) is 2.43.